The zero-order valence-electron chi connectivity index (χ0n) is 15.1. The Morgan fingerprint density at radius 3 is 2.32 bits per heavy atom. The summed E-state index contributed by atoms with van der Waals surface area (Å²) in [5, 5.41) is 14.9. The Labute approximate surface area is 149 Å². The normalized spacial score (nSPS) is 11.8. The molecule has 7 nitrogen and oxygen atoms in total. The van der Waals surface area contributed by atoms with E-state index < -0.39 is 12.0 Å². The van der Waals surface area contributed by atoms with Gasteiger partial charge in [0.15, 0.2) is 0 Å². The molecule has 1 atom stereocenters. The fourth-order valence-corrected chi connectivity index (χ4v) is 2.39. The van der Waals surface area contributed by atoms with E-state index in [-0.39, 0.29) is 12.3 Å². The lowest BCUT2D eigenvalue weighted by atomic mass is 10.1. The number of hydrogen-bond donors (Lipinski definition) is 4. The molecule has 0 fully saturated rings. The smallest absolute Gasteiger partial charge is 0.321 e. The van der Waals surface area contributed by atoms with Gasteiger partial charge in [-0.15, -0.1) is 0 Å². The van der Waals surface area contributed by atoms with Crippen LogP contribution in [0.4, 0.5) is 11.4 Å². The van der Waals surface area contributed by atoms with Crippen molar-refractivity contribution < 1.29 is 14.7 Å². The van der Waals surface area contributed by atoms with Crippen molar-refractivity contribution in [2.75, 3.05) is 37.4 Å². The summed E-state index contributed by atoms with van der Waals surface area (Å²) in [6.45, 7) is 1.26. The first kappa shape index (κ1) is 20.9. The standard InChI is InChI=1S/C18H30N4O3/c1-22(2)15-9-7-14(8-10-15)21-17(23)13-16(18(24)25)20-12-6-4-3-5-11-19/h7-10,16,20H,3-6,11-13,19H2,1-2H3,(H,21,23)(H,24,25)/t16-/m0/s1. The van der Waals surface area contributed by atoms with Gasteiger partial charge in [-0.2, -0.15) is 0 Å². The fourth-order valence-electron chi connectivity index (χ4n) is 2.39. The topological polar surface area (TPSA) is 108 Å². The summed E-state index contributed by atoms with van der Waals surface area (Å²) in [4.78, 5) is 25.4. The lowest BCUT2D eigenvalue weighted by Gasteiger charge is -2.15. The first-order chi connectivity index (χ1) is 11.9. The molecule has 0 unspecified atom stereocenters. The highest BCUT2D eigenvalue weighted by Gasteiger charge is 2.20. The van der Waals surface area contributed by atoms with Crippen LogP contribution < -0.4 is 21.3 Å². The molecular weight excluding hydrogens is 320 g/mol. The molecule has 0 aromatic heterocycles. The lowest BCUT2D eigenvalue weighted by molar-refractivity contribution is -0.141. The molecule has 25 heavy (non-hydrogen) atoms. The molecule has 140 valence electrons. The van der Waals surface area contributed by atoms with Crippen LogP contribution in [-0.2, 0) is 9.59 Å². The minimum Gasteiger partial charge on any atom is -0.480 e. The van der Waals surface area contributed by atoms with Crippen molar-refractivity contribution >= 4 is 23.3 Å². The number of carboxylic acid groups (broad SMARTS) is 1. The highest BCUT2D eigenvalue weighted by atomic mass is 16.4. The molecule has 1 rings (SSSR count). The monoisotopic (exact) mass is 350 g/mol. The Bertz CT molecular complexity index is 532. The van der Waals surface area contributed by atoms with E-state index in [0.29, 0.717) is 18.8 Å². The van der Waals surface area contributed by atoms with Gasteiger partial charge in [-0.25, -0.2) is 0 Å². The molecule has 0 heterocycles. The van der Waals surface area contributed by atoms with E-state index in [1.807, 2.05) is 31.1 Å². The summed E-state index contributed by atoms with van der Waals surface area (Å²) in [5.41, 5.74) is 7.11. The number of aliphatic carboxylic acids is 1. The number of hydrogen-bond acceptors (Lipinski definition) is 5. The molecule has 0 spiro atoms. The van der Waals surface area contributed by atoms with E-state index in [4.69, 9.17) is 5.73 Å². The highest BCUT2D eigenvalue weighted by Crippen LogP contribution is 2.16. The average molecular weight is 350 g/mol. The molecular formula is C18H30N4O3. The number of nitrogens with zero attached hydrogens (tertiary/aromatic N) is 1. The van der Waals surface area contributed by atoms with Crippen molar-refractivity contribution in [1.82, 2.24) is 5.32 Å². The first-order valence-corrected chi connectivity index (χ1v) is 8.67. The molecule has 7 heteroatoms. The number of rotatable bonds is 12. The van der Waals surface area contributed by atoms with E-state index in [1.165, 1.54) is 0 Å². The SMILES string of the molecule is CN(C)c1ccc(NC(=O)C[C@H](NCCCCCCN)C(=O)O)cc1. The van der Waals surface area contributed by atoms with Crippen LogP contribution in [0.3, 0.4) is 0 Å². The summed E-state index contributed by atoms with van der Waals surface area (Å²) in [5.74, 6) is -1.33. The number of carboxylic acids is 1. The van der Waals surface area contributed by atoms with Crippen LogP contribution >= 0.6 is 0 Å². The van der Waals surface area contributed by atoms with Gasteiger partial charge in [0.05, 0.1) is 6.42 Å². The van der Waals surface area contributed by atoms with E-state index >= 15 is 0 Å². The van der Waals surface area contributed by atoms with Gasteiger partial charge in [-0.05, 0) is 50.2 Å². The maximum absolute atomic E-state index is 12.1. The first-order valence-electron chi connectivity index (χ1n) is 8.67. The number of anilines is 2. The Kier molecular flexibility index (Phi) is 9.57. The van der Waals surface area contributed by atoms with Gasteiger partial charge in [0.1, 0.15) is 6.04 Å². The Morgan fingerprint density at radius 2 is 1.76 bits per heavy atom. The summed E-state index contributed by atoms with van der Waals surface area (Å²) in [6.07, 6.45) is 3.79. The number of carbonyl (C=O) groups is 2. The second-order valence-electron chi connectivity index (χ2n) is 6.24. The van der Waals surface area contributed by atoms with E-state index in [0.717, 1.165) is 31.4 Å². The zero-order valence-corrected chi connectivity index (χ0v) is 15.1. The Hall–Kier alpha value is -2.12. The second kappa shape index (κ2) is 11.4. The van der Waals surface area contributed by atoms with Crippen molar-refractivity contribution in [1.29, 1.82) is 0 Å². The third-order valence-corrected chi connectivity index (χ3v) is 3.88. The van der Waals surface area contributed by atoms with Crippen molar-refractivity contribution in [2.24, 2.45) is 5.73 Å². The summed E-state index contributed by atoms with van der Waals surface area (Å²) in [7, 11) is 3.87. The van der Waals surface area contributed by atoms with Crippen LogP contribution in [0.1, 0.15) is 32.1 Å². The van der Waals surface area contributed by atoms with Crippen LogP contribution in [0.2, 0.25) is 0 Å². The minimum absolute atomic E-state index is 0.104. The summed E-state index contributed by atoms with van der Waals surface area (Å²) in [6, 6.07) is 6.51. The van der Waals surface area contributed by atoms with Gasteiger partial charge >= 0.3 is 5.97 Å². The largest absolute Gasteiger partial charge is 0.480 e. The third-order valence-electron chi connectivity index (χ3n) is 3.88. The van der Waals surface area contributed by atoms with Crippen molar-refractivity contribution in [3.8, 4) is 0 Å². The predicted molar refractivity (Wildman–Crippen MR) is 101 cm³/mol. The quantitative estimate of drug-likeness (QED) is 0.427. The van der Waals surface area contributed by atoms with Crippen LogP contribution in [0.25, 0.3) is 0 Å². The number of amides is 1. The molecule has 1 amide bonds. The van der Waals surface area contributed by atoms with E-state index in [1.54, 1.807) is 12.1 Å². The Balaban J connectivity index is 2.41. The van der Waals surface area contributed by atoms with Crippen LogP contribution in [-0.4, -0.2) is 50.2 Å². The van der Waals surface area contributed by atoms with Crippen molar-refractivity contribution in [3.05, 3.63) is 24.3 Å². The van der Waals surface area contributed by atoms with Crippen molar-refractivity contribution in [2.45, 2.75) is 38.1 Å². The van der Waals surface area contributed by atoms with E-state index in [2.05, 4.69) is 10.6 Å². The molecule has 0 aliphatic carbocycles. The van der Waals surface area contributed by atoms with Crippen LogP contribution in [0.5, 0.6) is 0 Å². The van der Waals surface area contributed by atoms with Crippen LogP contribution in [0, 0.1) is 0 Å². The number of unbranched alkanes of at least 4 members (excludes halogenated alkanes) is 3. The number of nitrogens with two attached hydrogens (primary N) is 1. The molecule has 1 aromatic carbocycles. The highest BCUT2D eigenvalue weighted by molar-refractivity contribution is 5.94. The second-order valence-corrected chi connectivity index (χ2v) is 6.24. The fraction of sp³-hybridized carbons (Fsp3) is 0.556. The van der Waals surface area contributed by atoms with E-state index in [9.17, 15) is 14.7 Å². The van der Waals surface area contributed by atoms with Gasteiger partial charge in [-0.3, -0.25) is 9.59 Å². The number of nitrogens with one attached hydrogen (secondary N) is 2. The molecule has 0 saturated heterocycles. The molecule has 1 aromatic rings. The summed E-state index contributed by atoms with van der Waals surface area (Å²) < 4.78 is 0. The summed E-state index contributed by atoms with van der Waals surface area (Å²) >= 11 is 0. The van der Waals surface area contributed by atoms with Gasteiger partial charge in [0.2, 0.25) is 5.91 Å². The predicted octanol–water partition coefficient (Wildman–Crippen LogP) is 1.64. The van der Waals surface area contributed by atoms with Crippen LogP contribution in [0.15, 0.2) is 24.3 Å². The van der Waals surface area contributed by atoms with Gasteiger partial charge in [-0.1, -0.05) is 12.8 Å². The molecule has 0 aliphatic rings. The third kappa shape index (κ3) is 8.51. The average Bonchev–Trinajstić information content (AvgIpc) is 2.57. The molecule has 0 bridgehead atoms. The molecule has 0 aliphatic heterocycles. The maximum Gasteiger partial charge on any atom is 0.321 e. The molecule has 0 radical (unpaired) electrons. The molecule has 5 N–H and O–H groups in total. The molecule has 0 saturated carbocycles. The maximum atomic E-state index is 12.1. The lowest BCUT2D eigenvalue weighted by Crippen LogP contribution is -2.40. The van der Waals surface area contributed by atoms with Gasteiger partial charge in [0, 0.05) is 25.5 Å². The number of benzene rings is 1. The zero-order chi connectivity index (χ0) is 18.7. The van der Waals surface area contributed by atoms with Crippen molar-refractivity contribution in [3.63, 3.8) is 0 Å². The number of carbonyl (C=O) groups excluding carboxylic acids is 1. The Morgan fingerprint density at radius 1 is 1.12 bits per heavy atom. The van der Waals surface area contributed by atoms with Gasteiger partial charge in [0.25, 0.3) is 0 Å². The van der Waals surface area contributed by atoms with Gasteiger partial charge < -0.3 is 26.4 Å². The minimum atomic E-state index is -1.01.